The van der Waals surface area contributed by atoms with Crippen molar-refractivity contribution < 1.29 is 9.90 Å². The van der Waals surface area contributed by atoms with E-state index in [1.165, 1.54) is 12.8 Å². The van der Waals surface area contributed by atoms with Gasteiger partial charge in [-0.15, -0.1) is 0 Å². The van der Waals surface area contributed by atoms with Gasteiger partial charge in [-0.25, -0.2) is 4.79 Å². The van der Waals surface area contributed by atoms with Crippen LogP contribution in [0.4, 0.5) is 4.79 Å². The van der Waals surface area contributed by atoms with Crippen molar-refractivity contribution in [3.05, 3.63) is 0 Å². The molecule has 0 aromatic carbocycles. The topological polar surface area (TPSA) is 52.6 Å². The van der Waals surface area contributed by atoms with Gasteiger partial charge in [0.25, 0.3) is 0 Å². The number of piperidine rings is 1. The third-order valence-electron chi connectivity index (χ3n) is 4.46. The Bertz CT molecular complexity index is 312. The monoisotopic (exact) mass is 300 g/mol. The lowest BCUT2D eigenvalue weighted by Crippen LogP contribution is -2.51. The van der Waals surface area contributed by atoms with Crippen LogP contribution in [0.2, 0.25) is 0 Å². The van der Waals surface area contributed by atoms with Gasteiger partial charge < -0.3 is 15.3 Å². The van der Waals surface area contributed by atoms with E-state index in [-0.39, 0.29) is 18.7 Å². The van der Waals surface area contributed by atoms with Crippen LogP contribution in [0.15, 0.2) is 0 Å². The first kappa shape index (κ1) is 16.0. The van der Waals surface area contributed by atoms with Crippen molar-refractivity contribution in [3.63, 3.8) is 0 Å². The molecule has 1 aliphatic heterocycles. The summed E-state index contributed by atoms with van der Waals surface area (Å²) < 4.78 is 0. The molecule has 2 amide bonds. The SMILES string of the molecule is CCS[C@@H]1CC[C@H](NC(=O)N2CCCC[C@H]2CCO)C1. The van der Waals surface area contributed by atoms with Crippen LogP contribution in [-0.4, -0.2) is 52.3 Å². The van der Waals surface area contributed by atoms with E-state index >= 15 is 0 Å². The predicted octanol–water partition coefficient (Wildman–Crippen LogP) is 2.61. The fourth-order valence-electron chi connectivity index (χ4n) is 3.43. The number of hydrogen-bond acceptors (Lipinski definition) is 3. The Kier molecular flexibility index (Phi) is 6.49. The Hall–Kier alpha value is -0.420. The summed E-state index contributed by atoms with van der Waals surface area (Å²) in [7, 11) is 0. The first-order chi connectivity index (χ1) is 9.74. The second-order valence-corrected chi connectivity index (χ2v) is 7.47. The highest BCUT2D eigenvalue weighted by Crippen LogP contribution is 2.30. The van der Waals surface area contributed by atoms with Crippen LogP contribution in [0.3, 0.4) is 0 Å². The van der Waals surface area contributed by atoms with E-state index in [1.54, 1.807) is 0 Å². The third-order valence-corrected chi connectivity index (χ3v) is 5.70. The molecule has 116 valence electrons. The summed E-state index contributed by atoms with van der Waals surface area (Å²) in [6.07, 6.45) is 7.47. The molecule has 2 fully saturated rings. The Labute approximate surface area is 126 Å². The van der Waals surface area contributed by atoms with Crippen molar-refractivity contribution in [2.24, 2.45) is 0 Å². The summed E-state index contributed by atoms with van der Waals surface area (Å²) in [5.41, 5.74) is 0. The van der Waals surface area contributed by atoms with E-state index in [4.69, 9.17) is 5.11 Å². The normalized spacial score (nSPS) is 30.5. The summed E-state index contributed by atoms with van der Waals surface area (Å²) in [6, 6.07) is 0.675. The molecule has 1 aliphatic carbocycles. The first-order valence-electron chi connectivity index (χ1n) is 8.04. The number of hydrogen-bond donors (Lipinski definition) is 2. The maximum atomic E-state index is 12.4. The second-order valence-electron chi connectivity index (χ2n) is 5.89. The van der Waals surface area contributed by atoms with E-state index in [2.05, 4.69) is 12.2 Å². The molecule has 5 heteroatoms. The number of likely N-dealkylation sites (tertiary alicyclic amines) is 1. The lowest BCUT2D eigenvalue weighted by molar-refractivity contribution is 0.129. The average Bonchev–Trinajstić information content (AvgIpc) is 2.87. The molecule has 3 atom stereocenters. The van der Waals surface area contributed by atoms with Gasteiger partial charge >= 0.3 is 6.03 Å². The van der Waals surface area contributed by atoms with Gasteiger partial charge in [0.15, 0.2) is 0 Å². The predicted molar refractivity (Wildman–Crippen MR) is 84.1 cm³/mol. The van der Waals surface area contributed by atoms with Gasteiger partial charge in [-0.2, -0.15) is 11.8 Å². The molecule has 0 bridgehead atoms. The minimum Gasteiger partial charge on any atom is -0.396 e. The molecule has 0 unspecified atom stereocenters. The third kappa shape index (κ3) is 4.29. The number of amides is 2. The van der Waals surface area contributed by atoms with Gasteiger partial charge in [0.1, 0.15) is 0 Å². The molecule has 0 spiro atoms. The van der Waals surface area contributed by atoms with Crippen LogP contribution in [0.5, 0.6) is 0 Å². The molecule has 0 aromatic heterocycles. The van der Waals surface area contributed by atoms with E-state index in [0.29, 0.717) is 12.5 Å². The van der Waals surface area contributed by atoms with Crippen molar-refractivity contribution in [1.29, 1.82) is 0 Å². The molecule has 1 heterocycles. The average molecular weight is 300 g/mol. The van der Waals surface area contributed by atoms with E-state index in [0.717, 1.165) is 43.2 Å². The number of aliphatic hydroxyl groups excluding tert-OH is 1. The Morgan fingerprint density at radius 2 is 2.20 bits per heavy atom. The summed E-state index contributed by atoms with van der Waals surface area (Å²) >= 11 is 2.02. The Morgan fingerprint density at radius 1 is 1.35 bits per heavy atom. The van der Waals surface area contributed by atoms with Crippen LogP contribution in [0, 0.1) is 0 Å². The van der Waals surface area contributed by atoms with Crippen molar-refractivity contribution in [3.8, 4) is 0 Å². The number of nitrogens with zero attached hydrogens (tertiary/aromatic N) is 1. The molecule has 2 N–H and O–H groups in total. The molecule has 0 aromatic rings. The quantitative estimate of drug-likeness (QED) is 0.820. The molecule has 2 rings (SSSR count). The molecule has 20 heavy (non-hydrogen) atoms. The standard InChI is InChI=1S/C15H28N2O2S/c1-2-20-14-7-6-12(11-14)16-15(19)17-9-4-3-5-13(17)8-10-18/h12-14,18H,2-11H2,1H3,(H,16,19)/t12-,13-,14+/m0/s1. The molecule has 4 nitrogen and oxygen atoms in total. The summed E-state index contributed by atoms with van der Waals surface area (Å²) in [5.74, 6) is 1.16. The van der Waals surface area contributed by atoms with Crippen molar-refractivity contribution in [1.82, 2.24) is 10.2 Å². The zero-order valence-corrected chi connectivity index (χ0v) is 13.3. The minimum absolute atomic E-state index is 0.0929. The van der Waals surface area contributed by atoms with Crippen LogP contribution in [0.25, 0.3) is 0 Å². The van der Waals surface area contributed by atoms with Crippen LogP contribution >= 0.6 is 11.8 Å². The summed E-state index contributed by atoms with van der Waals surface area (Å²) in [6.45, 7) is 3.22. The number of urea groups is 1. The number of nitrogens with one attached hydrogen (secondary N) is 1. The second kappa shape index (κ2) is 8.13. The lowest BCUT2D eigenvalue weighted by atomic mass is 10.00. The molecular weight excluding hydrogens is 272 g/mol. The Balaban J connectivity index is 1.81. The molecule has 2 aliphatic rings. The Morgan fingerprint density at radius 3 is 2.95 bits per heavy atom. The zero-order chi connectivity index (χ0) is 14.4. The fourth-order valence-corrected chi connectivity index (χ4v) is 4.58. The molecule has 1 saturated heterocycles. The van der Waals surface area contributed by atoms with Gasteiger partial charge in [0, 0.05) is 30.5 Å². The molecular formula is C15H28N2O2S. The van der Waals surface area contributed by atoms with Crippen molar-refractivity contribution in [2.75, 3.05) is 18.9 Å². The van der Waals surface area contributed by atoms with Gasteiger partial charge in [0.2, 0.25) is 0 Å². The zero-order valence-electron chi connectivity index (χ0n) is 12.5. The minimum atomic E-state index is 0.0929. The fraction of sp³-hybridized carbons (Fsp3) is 0.933. The first-order valence-corrected chi connectivity index (χ1v) is 9.09. The van der Waals surface area contributed by atoms with Crippen molar-refractivity contribution >= 4 is 17.8 Å². The van der Waals surface area contributed by atoms with Gasteiger partial charge in [-0.3, -0.25) is 0 Å². The van der Waals surface area contributed by atoms with Gasteiger partial charge in [0.05, 0.1) is 0 Å². The number of rotatable bonds is 5. The van der Waals surface area contributed by atoms with Gasteiger partial charge in [-0.05, 0) is 50.7 Å². The number of aliphatic hydroxyl groups is 1. The van der Waals surface area contributed by atoms with E-state index in [1.807, 2.05) is 16.7 Å². The largest absolute Gasteiger partial charge is 0.396 e. The highest BCUT2D eigenvalue weighted by atomic mass is 32.2. The molecule has 0 radical (unpaired) electrons. The lowest BCUT2D eigenvalue weighted by Gasteiger charge is -2.36. The molecule has 1 saturated carbocycles. The van der Waals surface area contributed by atoms with E-state index in [9.17, 15) is 4.79 Å². The summed E-state index contributed by atoms with van der Waals surface area (Å²) in [5, 5.41) is 13.1. The highest BCUT2D eigenvalue weighted by molar-refractivity contribution is 7.99. The van der Waals surface area contributed by atoms with Crippen molar-refractivity contribution in [2.45, 2.75) is 69.2 Å². The number of carbonyl (C=O) groups is 1. The van der Waals surface area contributed by atoms with Crippen LogP contribution < -0.4 is 5.32 Å². The van der Waals surface area contributed by atoms with Crippen LogP contribution in [0.1, 0.15) is 51.9 Å². The van der Waals surface area contributed by atoms with E-state index < -0.39 is 0 Å². The maximum Gasteiger partial charge on any atom is 0.317 e. The maximum absolute atomic E-state index is 12.4. The van der Waals surface area contributed by atoms with Crippen LogP contribution in [-0.2, 0) is 0 Å². The number of thioether (sulfide) groups is 1. The highest BCUT2D eigenvalue weighted by Gasteiger charge is 2.30. The smallest absolute Gasteiger partial charge is 0.317 e. The van der Waals surface area contributed by atoms with Gasteiger partial charge in [-0.1, -0.05) is 6.92 Å². The summed E-state index contributed by atoms with van der Waals surface area (Å²) in [4.78, 5) is 14.4. The number of carbonyl (C=O) groups excluding carboxylic acids is 1.